The standard InChI is InChI=1S/C23H23ClN2O3S/c1-25(16-19-12-14-20(24)15-13-19)23(27)21-10-6-7-11-22(21)26(30(2,28)29)17-18-8-4-3-5-9-18/h3-15H,16-17H2,1-2H3. The molecule has 0 bridgehead atoms. The van der Waals surface area contributed by atoms with Crippen LogP contribution in [0.4, 0.5) is 5.69 Å². The lowest BCUT2D eigenvalue weighted by Gasteiger charge is -2.26. The summed E-state index contributed by atoms with van der Waals surface area (Å²) in [6, 6.07) is 23.3. The molecule has 0 aromatic heterocycles. The number of sulfonamides is 1. The molecule has 5 nitrogen and oxygen atoms in total. The number of rotatable bonds is 7. The smallest absolute Gasteiger partial charge is 0.256 e. The van der Waals surface area contributed by atoms with Gasteiger partial charge in [-0.25, -0.2) is 8.42 Å². The van der Waals surface area contributed by atoms with E-state index in [-0.39, 0.29) is 12.5 Å². The van der Waals surface area contributed by atoms with Crippen LogP contribution in [0.15, 0.2) is 78.9 Å². The average Bonchev–Trinajstić information content (AvgIpc) is 2.73. The zero-order chi connectivity index (χ0) is 21.7. The summed E-state index contributed by atoms with van der Waals surface area (Å²) in [5.41, 5.74) is 2.45. The summed E-state index contributed by atoms with van der Waals surface area (Å²) in [6.45, 7) is 0.521. The Hall–Kier alpha value is -2.83. The number of nitrogens with zero attached hydrogens (tertiary/aromatic N) is 2. The lowest BCUT2D eigenvalue weighted by Crippen LogP contribution is -2.33. The van der Waals surface area contributed by atoms with Gasteiger partial charge in [-0.15, -0.1) is 0 Å². The summed E-state index contributed by atoms with van der Waals surface area (Å²) in [5, 5.41) is 0.628. The van der Waals surface area contributed by atoms with Crippen molar-refractivity contribution >= 4 is 33.2 Å². The minimum Gasteiger partial charge on any atom is -0.337 e. The quantitative estimate of drug-likeness (QED) is 0.538. The van der Waals surface area contributed by atoms with E-state index in [4.69, 9.17) is 11.6 Å². The Bertz CT molecular complexity index is 1120. The van der Waals surface area contributed by atoms with E-state index in [1.807, 2.05) is 42.5 Å². The number of hydrogen-bond donors (Lipinski definition) is 0. The van der Waals surface area contributed by atoms with Crippen LogP contribution in [0.2, 0.25) is 5.02 Å². The molecular weight excluding hydrogens is 420 g/mol. The van der Waals surface area contributed by atoms with Crippen LogP contribution >= 0.6 is 11.6 Å². The van der Waals surface area contributed by atoms with E-state index < -0.39 is 10.0 Å². The normalized spacial score (nSPS) is 11.2. The third kappa shape index (κ3) is 5.40. The van der Waals surface area contributed by atoms with Crippen molar-refractivity contribution in [2.75, 3.05) is 17.6 Å². The molecule has 1 amide bonds. The van der Waals surface area contributed by atoms with E-state index >= 15 is 0 Å². The van der Waals surface area contributed by atoms with E-state index in [1.54, 1.807) is 48.3 Å². The largest absolute Gasteiger partial charge is 0.337 e. The SMILES string of the molecule is CN(Cc1ccc(Cl)cc1)C(=O)c1ccccc1N(Cc1ccccc1)S(C)(=O)=O. The molecule has 0 aliphatic heterocycles. The van der Waals surface area contributed by atoms with Gasteiger partial charge < -0.3 is 4.90 Å². The molecule has 3 aromatic carbocycles. The lowest BCUT2D eigenvalue weighted by molar-refractivity contribution is 0.0786. The fourth-order valence-corrected chi connectivity index (χ4v) is 4.17. The molecule has 0 fully saturated rings. The second-order valence-corrected chi connectivity index (χ2v) is 9.40. The zero-order valence-electron chi connectivity index (χ0n) is 16.8. The van der Waals surface area contributed by atoms with Crippen molar-refractivity contribution in [3.05, 3.63) is 101 Å². The van der Waals surface area contributed by atoms with Crippen LogP contribution in [-0.2, 0) is 23.1 Å². The zero-order valence-corrected chi connectivity index (χ0v) is 18.4. The molecule has 7 heteroatoms. The predicted octanol–water partition coefficient (Wildman–Crippen LogP) is 4.58. The van der Waals surface area contributed by atoms with E-state index in [9.17, 15) is 13.2 Å². The summed E-state index contributed by atoms with van der Waals surface area (Å²) in [6.07, 6.45) is 1.15. The van der Waals surface area contributed by atoms with Crippen molar-refractivity contribution in [3.63, 3.8) is 0 Å². The van der Waals surface area contributed by atoms with Gasteiger partial charge in [-0.2, -0.15) is 0 Å². The second-order valence-electron chi connectivity index (χ2n) is 7.06. The predicted molar refractivity (Wildman–Crippen MR) is 121 cm³/mol. The third-order valence-corrected chi connectivity index (χ3v) is 6.03. The van der Waals surface area contributed by atoms with Crippen LogP contribution < -0.4 is 4.31 Å². The molecular formula is C23H23ClN2O3S. The van der Waals surface area contributed by atoms with Crippen LogP contribution in [-0.4, -0.2) is 32.5 Å². The maximum absolute atomic E-state index is 13.2. The number of carbonyl (C=O) groups excluding carboxylic acids is 1. The minimum atomic E-state index is -3.61. The highest BCUT2D eigenvalue weighted by Gasteiger charge is 2.25. The Labute approximate surface area is 182 Å². The molecule has 156 valence electrons. The first kappa shape index (κ1) is 21.9. The highest BCUT2D eigenvalue weighted by Crippen LogP contribution is 2.26. The van der Waals surface area contributed by atoms with Crippen LogP contribution in [0, 0.1) is 0 Å². The molecule has 0 radical (unpaired) electrons. The highest BCUT2D eigenvalue weighted by molar-refractivity contribution is 7.92. The second kappa shape index (κ2) is 9.32. The van der Waals surface area contributed by atoms with E-state index in [0.717, 1.165) is 17.4 Å². The van der Waals surface area contributed by atoms with Crippen molar-refractivity contribution in [2.24, 2.45) is 0 Å². The van der Waals surface area contributed by atoms with E-state index in [2.05, 4.69) is 0 Å². The van der Waals surface area contributed by atoms with Gasteiger partial charge in [0.15, 0.2) is 0 Å². The number of amides is 1. The minimum absolute atomic E-state index is 0.144. The van der Waals surface area contributed by atoms with Crippen molar-refractivity contribution in [3.8, 4) is 0 Å². The van der Waals surface area contributed by atoms with Crippen LogP contribution in [0.25, 0.3) is 0 Å². The molecule has 3 rings (SSSR count). The lowest BCUT2D eigenvalue weighted by atomic mass is 10.1. The molecule has 0 N–H and O–H groups in total. The van der Waals surface area contributed by atoms with Crippen LogP contribution in [0.1, 0.15) is 21.5 Å². The summed E-state index contributed by atoms with van der Waals surface area (Å²) in [5.74, 6) is -0.262. The summed E-state index contributed by atoms with van der Waals surface area (Å²) < 4.78 is 26.5. The summed E-state index contributed by atoms with van der Waals surface area (Å²) >= 11 is 5.93. The Balaban J connectivity index is 1.92. The first-order chi connectivity index (χ1) is 14.3. The molecule has 0 saturated heterocycles. The first-order valence-electron chi connectivity index (χ1n) is 9.36. The molecule has 0 heterocycles. The van der Waals surface area contributed by atoms with Gasteiger partial charge in [0.1, 0.15) is 0 Å². The molecule has 0 saturated carbocycles. The van der Waals surface area contributed by atoms with Crippen molar-refractivity contribution in [1.82, 2.24) is 4.90 Å². The number of anilines is 1. The van der Waals surface area contributed by atoms with Gasteiger partial charge >= 0.3 is 0 Å². The van der Waals surface area contributed by atoms with Crippen LogP contribution in [0.5, 0.6) is 0 Å². The maximum atomic E-state index is 13.2. The molecule has 3 aromatic rings. The molecule has 0 aliphatic rings. The average molecular weight is 443 g/mol. The molecule has 0 unspecified atom stereocenters. The van der Waals surface area contributed by atoms with Gasteiger partial charge in [0.2, 0.25) is 10.0 Å². The Morgan fingerprint density at radius 1 is 0.833 bits per heavy atom. The van der Waals surface area contributed by atoms with E-state index in [0.29, 0.717) is 22.8 Å². The molecule has 0 aliphatic carbocycles. The third-order valence-electron chi connectivity index (χ3n) is 4.65. The maximum Gasteiger partial charge on any atom is 0.256 e. The van der Waals surface area contributed by atoms with Crippen molar-refractivity contribution < 1.29 is 13.2 Å². The summed E-state index contributed by atoms with van der Waals surface area (Å²) in [4.78, 5) is 14.8. The Morgan fingerprint density at radius 3 is 2.03 bits per heavy atom. The molecule has 0 atom stereocenters. The first-order valence-corrected chi connectivity index (χ1v) is 11.6. The van der Waals surface area contributed by atoms with Crippen molar-refractivity contribution in [2.45, 2.75) is 13.1 Å². The molecule has 0 spiro atoms. The van der Waals surface area contributed by atoms with Gasteiger partial charge in [0.25, 0.3) is 5.91 Å². The summed E-state index contributed by atoms with van der Waals surface area (Å²) in [7, 11) is -1.92. The molecule has 30 heavy (non-hydrogen) atoms. The highest BCUT2D eigenvalue weighted by atomic mass is 35.5. The number of halogens is 1. The van der Waals surface area contributed by atoms with Gasteiger partial charge in [0, 0.05) is 18.6 Å². The number of hydrogen-bond acceptors (Lipinski definition) is 3. The van der Waals surface area contributed by atoms with Gasteiger partial charge in [-0.1, -0.05) is 66.2 Å². The topological polar surface area (TPSA) is 57.7 Å². The fourth-order valence-electron chi connectivity index (χ4n) is 3.14. The van der Waals surface area contributed by atoms with Crippen LogP contribution in [0.3, 0.4) is 0 Å². The number of benzene rings is 3. The number of carbonyl (C=O) groups is 1. The van der Waals surface area contributed by atoms with Gasteiger partial charge in [-0.05, 0) is 35.4 Å². The van der Waals surface area contributed by atoms with E-state index in [1.165, 1.54) is 4.31 Å². The van der Waals surface area contributed by atoms with Gasteiger partial charge in [0.05, 0.1) is 24.1 Å². The number of para-hydroxylation sites is 1. The Kier molecular flexibility index (Phi) is 6.80. The monoisotopic (exact) mass is 442 g/mol. The van der Waals surface area contributed by atoms with Gasteiger partial charge in [-0.3, -0.25) is 9.10 Å². The van der Waals surface area contributed by atoms with Crippen molar-refractivity contribution in [1.29, 1.82) is 0 Å². The Morgan fingerprint density at radius 2 is 1.40 bits per heavy atom. The fraction of sp³-hybridized carbons (Fsp3) is 0.174.